The number of hydrogen-bond acceptors (Lipinski definition) is 6. The number of nitro groups is 1. The van der Waals surface area contributed by atoms with Gasteiger partial charge in [-0.05, 0) is 36.1 Å². The van der Waals surface area contributed by atoms with Gasteiger partial charge in [-0.25, -0.2) is 0 Å². The van der Waals surface area contributed by atoms with Gasteiger partial charge in [0.25, 0.3) is 5.69 Å². The van der Waals surface area contributed by atoms with Crippen LogP contribution in [0.15, 0.2) is 48.5 Å². The first-order valence-corrected chi connectivity index (χ1v) is 12.1. The van der Waals surface area contributed by atoms with Crippen LogP contribution in [0.4, 0.5) is 5.69 Å². The van der Waals surface area contributed by atoms with Gasteiger partial charge >= 0.3 is 0 Å². The number of benzene rings is 2. The number of carbonyl (C=O) groups is 2. The van der Waals surface area contributed by atoms with Crippen LogP contribution in [0.3, 0.4) is 0 Å². The van der Waals surface area contributed by atoms with Gasteiger partial charge in [0.05, 0.1) is 17.8 Å². The number of carbonyl (C=O) groups excluding carboxylic acids is 2. The lowest BCUT2D eigenvalue weighted by Gasteiger charge is -2.30. The first kappa shape index (κ1) is 26.2. The molecule has 1 atom stereocenters. The smallest absolute Gasteiger partial charge is 0.269 e. The van der Waals surface area contributed by atoms with Gasteiger partial charge in [0.2, 0.25) is 11.8 Å². The van der Waals surface area contributed by atoms with Gasteiger partial charge in [-0.3, -0.25) is 19.7 Å². The molecule has 0 bridgehead atoms. The Morgan fingerprint density at radius 2 is 1.88 bits per heavy atom. The van der Waals surface area contributed by atoms with Crippen molar-refractivity contribution in [3.63, 3.8) is 0 Å². The first-order chi connectivity index (χ1) is 15.9. The van der Waals surface area contributed by atoms with Crippen molar-refractivity contribution < 1.29 is 19.2 Å². The topological polar surface area (TPSA) is 102 Å². The van der Waals surface area contributed by atoms with Gasteiger partial charge in [-0.1, -0.05) is 38.1 Å². The zero-order valence-corrected chi connectivity index (χ0v) is 20.1. The maximum Gasteiger partial charge on any atom is 0.269 e. The molecule has 9 heteroatoms. The SMILES string of the molecule is CCCNC(=O)[C@@H](CC)N(Cc1cccc(OC)c1)C(=O)CSCc1ccc([N+](=O)[O-])cc1. The molecule has 1 N–H and O–H groups in total. The molecule has 0 aliphatic heterocycles. The molecule has 0 saturated carbocycles. The van der Waals surface area contributed by atoms with E-state index in [1.54, 1.807) is 24.1 Å². The Labute approximate surface area is 198 Å². The highest BCUT2D eigenvalue weighted by Gasteiger charge is 2.28. The average Bonchev–Trinajstić information content (AvgIpc) is 2.82. The zero-order chi connectivity index (χ0) is 24.2. The van der Waals surface area contributed by atoms with Crippen LogP contribution < -0.4 is 10.1 Å². The summed E-state index contributed by atoms with van der Waals surface area (Å²) >= 11 is 1.42. The Bertz CT molecular complexity index is 936. The van der Waals surface area contributed by atoms with E-state index in [0.29, 0.717) is 31.0 Å². The Morgan fingerprint density at radius 1 is 1.15 bits per heavy atom. The van der Waals surface area contributed by atoms with E-state index in [2.05, 4.69) is 5.32 Å². The quantitative estimate of drug-likeness (QED) is 0.346. The van der Waals surface area contributed by atoms with Crippen LogP contribution in [0, 0.1) is 10.1 Å². The fourth-order valence-electron chi connectivity index (χ4n) is 3.31. The third kappa shape index (κ3) is 8.09. The summed E-state index contributed by atoms with van der Waals surface area (Å²) in [6.07, 6.45) is 1.31. The van der Waals surface area contributed by atoms with E-state index in [1.165, 1.54) is 23.9 Å². The van der Waals surface area contributed by atoms with Crippen molar-refractivity contribution in [2.75, 3.05) is 19.4 Å². The summed E-state index contributed by atoms with van der Waals surface area (Å²) in [4.78, 5) is 38.0. The zero-order valence-electron chi connectivity index (χ0n) is 19.3. The molecule has 0 saturated heterocycles. The molecule has 0 aliphatic carbocycles. The number of amides is 2. The minimum absolute atomic E-state index is 0.0353. The number of non-ortho nitro benzene ring substituents is 1. The maximum absolute atomic E-state index is 13.2. The molecule has 2 amide bonds. The number of nitrogens with one attached hydrogen (secondary N) is 1. The van der Waals surface area contributed by atoms with E-state index in [4.69, 9.17) is 4.74 Å². The Balaban J connectivity index is 2.11. The van der Waals surface area contributed by atoms with Gasteiger partial charge < -0.3 is 15.0 Å². The van der Waals surface area contributed by atoms with Gasteiger partial charge in [-0.2, -0.15) is 0 Å². The molecular weight excluding hydrogens is 442 g/mol. The van der Waals surface area contributed by atoms with Crippen molar-refractivity contribution in [2.45, 2.75) is 45.0 Å². The summed E-state index contributed by atoms with van der Waals surface area (Å²) in [7, 11) is 1.59. The molecule has 0 fully saturated rings. The van der Waals surface area contributed by atoms with Crippen LogP contribution in [0.25, 0.3) is 0 Å². The predicted octanol–water partition coefficient (Wildman–Crippen LogP) is 4.17. The van der Waals surface area contributed by atoms with Crippen LogP contribution in [0.5, 0.6) is 5.75 Å². The summed E-state index contributed by atoms with van der Waals surface area (Å²) in [6, 6.07) is 13.2. The van der Waals surface area contributed by atoms with E-state index >= 15 is 0 Å². The monoisotopic (exact) mass is 473 g/mol. The second-order valence-electron chi connectivity index (χ2n) is 7.50. The van der Waals surface area contributed by atoms with Gasteiger partial charge in [0.15, 0.2) is 0 Å². The first-order valence-electron chi connectivity index (χ1n) is 10.9. The lowest BCUT2D eigenvalue weighted by molar-refractivity contribution is -0.384. The molecule has 0 unspecified atom stereocenters. The molecule has 2 aromatic rings. The Kier molecular flexibility index (Phi) is 10.7. The average molecular weight is 474 g/mol. The minimum Gasteiger partial charge on any atom is -0.497 e. The molecule has 0 aromatic heterocycles. The molecule has 2 aromatic carbocycles. The second-order valence-corrected chi connectivity index (χ2v) is 8.49. The fraction of sp³-hybridized carbons (Fsp3) is 0.417. The van der Waals surface area contributed by atoms with Crippen LogP contribution in [0.2, 0.25) is 0 Å². The van der Waals surface area contributed by atoms with Crippen LogP contribution in [-0.2, 0) is 21.9 Å². The molecule has 2 rings (SSSR count). The largest absolute Gasteiger partial charge is 0.497 e. The highest BCUT2D eigenvalue weighted by atomic mass is 32.2. The summed E-state index contributed by atoms with van der Waals surface area (Å²) in [6.45, 7) is 4.74. The van der Waals surface area contributed by atoms with Crippen LogP contribution in [-0.4, -0.2) is 47.1 Å². The maximum atomic E-state index is 13.2. The molecule has 33 heavy (non-hydrogen) atoms. The molecule has 0 spiro atoms. The number of nitrogens with zero attached hydrogens (tertiary/aromatic N) is 2. The highest BCUT2D eigenvalue weighted by molar-refractivity contribution is 7.99. The molecule has 178 valence electrons. The lowest BCUT2D eigenvalue weighted by atomic mass is 10.1. The summed E-state index contributed by atoms with van der Waals surface area (Å²) in [5, 5.41) is 13.7. The number of thioether (sulfide) groups is 1. The molecule has 0 aliphatic rings. The summed E-state index contributed by atoms with van der Waals surface area (Å²) < 4.78 is 5.29. The summed E-state index contributed by atoms with van der Waals surface area (Å²) in [5.74, 6) is 1.13. The van der Waals surface area contributed by atoms with E-state index in [9.17, 15) is 19.7 Å². The fourth-order valence-corrected chi connectivity index (χ4v) is 4.18. The number of hydrogen-bond donors (Lipinski definition) is 1. The number of nitro benzene ring substituents is 1. The molecule has 0 heterocycles. The molecule has 8 nitrogen and oxygen atoms in total. The predicted molar refractivity (Wildman–Crippen MR) is 130 cm³/mol. The Hall–Kier alpha value is -3.07. The normalized spacial score (nSPS) is 11.5. The molecule has 0 radical (unpaired) electrons. The number of ether oxygens (including phenoxy) is 1. The van der Waals surface area contributed by atoms with Crippen molar-refractivity contribution in [1.82, 2.24) is 10.2 Å². The highest BCUT2D eigenvalue weighted by Crippen LogP contribution is 2.20. The van der Waals surface area contributed by atoms with Crippen molar-refractivity contribution in [3.8, 4) is 5.75 Å². The van der Waals surface area contributed by atoms with Gasteiger partial charge in [0, 0.05) is 31.0 Å². The third-order valence-electron chi connectivity index (χ3n) is 5.06. The van der Waals surface area contributed by atoms with Crippen molar-refractivity contribution in [3.05, 3.63) is 69.8 Å². The van der Waals surface area contributed by atoms with E-state index < -0.39 is 11.0 Å². The molecular formula is C24H31N3O5S. The standard InChI is InChI=1S/C24H31N3O5S/c1-4-13-25-24(29)22(5-2)26(15-19-7-6-8-21(14-19)32-3)23(28)17-33-16-18-9-11-20(12-10-18)27(30)31/h6-12,14,22H,4-5,13,15-17H2,1-3H3,(H,25,29)/t22-/m1/s1. The minimum atomic E-state index is -0.574. The Morgan fingerprint density at radius 3 is 2.48 bits per heavy atom. The van der Waals surface area contributed by atoms with Crippen LogP contribution in [0.1, 0.15) is 37.8 Å². The van der Waals surface area contributed by atoms with E-state index in [0.717, 1.165) is 17.5 Å². The number of methoxy groups -OCH3 is 1. The summed E-state index contributed by atoms with van der Waals surface area (Å²) in [5.41, 5.74) is 1.81. The van der Waals surface area contributed by atoms with Gasteiger partial charge in [0.1, 0.15) is 11.8 Å². The third-order valence-corrected chi connectivity index (χ3v) is 6.05. The van der Waals surface area contributed by atoms with E-state index in [1.807, 2.05) is 38.1 Å². The van der Waals surface area contributed by atoms with Crippen LogP contribution >= 0.6 is 11.8 Å². The lowest BCUT2D eigenvalue weighted by Crippen LogP contribution is -2.49. The van der Waals surface area contributed by atoms with Crippen molar-refractivity contribution in [1.29, 1.82) is 0 Å². The second kappa shape index (κ2) is 13.5. The van der Waals surface area contributed by atoms with E-state index in [-0.39, 0.29) is 23.3 Å². The number of rotatable bonds is 13. The van der Waals surface area contributed by atoms with Crippen molar-refractivity contribution in [2.24, 2.45) is 0 Å². The van der Waals surface area contributed by atoms with Gasteiger partial charge in [-0.15, -0.1) is 11.8 Å². The van der Waals surface area contributed by atoms with Crippen molar-refractivity contribution >= 4 is 29.3 Å².